The van der Waals surface area contributed by atoms with E-state index in [9.17, 15) is 55.2 Å². The number of carboxylic acid groups (broad SMARTS) is 2. The monoisotopic (exact) mass is 538 g/mol. The maximum Gasteiger partial charge on any atom is 0.345 e. The van der Waals surface area contributed by atoms with E-state index in [1.807, 2.05) is 0 Å². The van der Waals surface area contributed by atoms with Crippen molar-refractivity contribution in [3.63, 3.8) is 0 Å². The molecule has 202 valence electrons. The molecule has 0 saturated carbocycles. The van der Waals surface area contributed by atoms with Crippen LogP contribution in [0.15, 0.2) is 54.6 Å². The molecule has 0 saturated heterocycles. The summed E-state index contributed by atoms with van der Waals surface area (Å²) < 4.78 is 4.97. The molecule has 0 amide bonds. The van der Waals surface area contributed by atoms with Crippen LogP contribution in [0.3, 0.4) is 0 Å². The highest BCUT2D eigenvalue weighted by atomic mass is 16.6. The van der Waals surface area contributed by atoms with Gasteiger partial charge >= 0.3 is 17.9 Å². The fraction of sp³-hybridized carbons (Fsp3) is 0.0741. The van der Waals surface area contributed by atoms with Crippen LogP contribution in [-0.4, -0.2) is 64.9 Å². The molecular weight excluding hydrogens is 516 g/mol. The van der Waals surface area contributed by atoms with Crippen LogP contribution in [0.1, 0.15) is 22.3 Å². The number of phenolic OH excluding ortho intramolecular Hbond substituents is 6. The predicted molar refractivity (Wildman–Crippen MR) is 135 cm³/mol. The third kappa shape index (κ3) is 6.77. The highest BCUT2D eigenvalue weighted by Crippen LogP contribution is 2.38. The molecule has 0 fully saturated rings. The predicted octanol–water partition coefficient (Wildman–Crippen LogP) is 2.80. The van der Waals surface area contributed by atoms with Gasteiger partial charge in [-0.2, -0.15) is 0 Å². The number of carbonyl (C=O) groups is 3. The number of hydrogen-bond donors (Lipinski definition) is 8. The fourth-order valence-corrected chi connectivity index (χ4v) is 3.48. The van der Waals surface area contributed by atoms with Gasteiger partial charge in [0.15, 0.2) is 34.5 Å². The molecule has 1 atom stereocenters. The lowest BCUT2D eigenvalue weighted by Gasteiger charge is -2.14. The van der Waals surface area contributed by atoms with E-state index in [1.165, 1.54) is 18.2 Å². The second kappa shape index (κ2) is 11.6. The molecule has 0 aliphatic rings. The zero-order valence-corrected chi connectivity index (χ0v) is 19.8. The smallest absolute Gasteiger partial charge is 0.345 e. The Kier molecular flexibility index (Phi) is 8.31. The molecule has 39 heavy (non-hydrogen) atoms. The van der Waals surface area contributed by atoms with Gasteiger partial charge < -0.3 is 45.6 Å². The van der Waals surface area contributed by atoms with Crippen molar-refractivity contribution in [2.24, 2.45) is 0 Å². The molecule has 1 unspecified atom stereocenters. The largest absolute Gasteiger partial charge is 0.504 e. The van der Waals surface area contributed by atoms with Gasteiger partial charge in [-0.15, -0.1) is 0 Å². The Hall–Kier alpha value is -5.65. The van der Waals surface area contributed by atoms with Crippen LogP contribution in [0.5, 0.6) is 34.5 Å². The molecule has 0 aliphatic carbocycles. The van der Waals surface area contributed by atoms with Gasteiger partial charge in [-0.25, -0.2) is 14.4 Å². The number of phenols is 6. The summed E-state index contributed by atoms with van der Waals surface area (Å²) in [6, 6.07) is 9.24. The highest BCUT2D eigenvalue weighted by Gasteiger charge is 2.24. The van der Waals surface area contributed by atoms with E-state index in [0.29, 0.717) is 0 Å². The lowest BCUT2D eigenvalue weighted by atomic mass is 9.95. The number of rotatable bonds is 9. The van der Waals surface area contributed by atoms with E-state index in [0.717, 1.165) is 48.6 Å². The zero-order valence-electron chi connectivity index (χ0n) is 19.8. The SMILES string of the molecule is O=C(/C=C/c1ccc(O)c(O)c1/C(=C/c1ccc(O)c(O)c1)C(=O)O)OC(Cc1ccc(O)c(O)c1)C(=O)O. The number of ether oxygens (including phenoxy) is 1. The first-order valence-electron chi connectivity index (χ1n) is 11.0. The van der Waals surface area contributed by atoms with Gasteiger partial charge in [0.2, 0.25) is 6.10 Å². The summed E-state index contributed by atoms with van der Waals surface area (Å²) in [7, 11) is 0. The average Bonchev–Trinajstić information content (AvgIpc) is 2.87. The van der Waals surface area contributed by atoms with Gasteiger partial charge in [0.25, 0.3) is 0 Å². The Morgan fingerprint density at radius 2 is 1.38 bits per heavy atom. The van der Waals surface area contributed by atoms with Gasteiger partial charge in [-0.3, -0.25) is 0 Å². The van der Waals surface area contributed by atoms with Gasteiger partial charge in [0, 0.05) is 18.1 Å². The van der Waals surface area contributed by atoms with Crippen LogP contribution >= 0.6 is 0 Å². The maximum absolute atomic E-state index is 12.4. The van der Waals surface area contributed by atoms with Crippen molar-refractivity contribution in [3.05, 3.63) is 76.9 Å². The second-order valence-corrected chi connectivity index (χ2v) is 8.13. The molecule has 3 rings (SSSR count). The first-order chi connectivity index (χ1) is 18.4. The second-order valence-electron chi connectivity index (χ2n) is 8.13. The third-order valence-electron chi connectivity index (χ3n) is 5.39. The summed E-state index contributed by atoms with van der Waals surface area (Å²) in [5, 5.41) is 77.8. The van der Waals surface area contributed by atoms with Gasteiger partial charge in [0.05, 0.1) is 5.57 Å². The maximum atomic E-state index is 12.4. The van der Waals surface area contributed by atoms with Crippen molar-refractivity contribution >= 4 is 35.6 Å². The Labute approximate surface area is 219 Å². The molecule has 0 radical (unpaired) electrons. The van der Waals surface area contributed by atoms with E-state index < -0.39 is 69.6 Å². The van der Waals surface area contributed by atoms with Crippen molar-refractivity contribution in [2.45, 2.75) is 12.5 Å². The number of esters is 1. The molecule has 0 aliphatic heterocycles. The first kappa shape index (κ1) is 27.9. The molecular formula is C27H22O12. The first-order valence-corrected chi connectivity index (χ1v) is 11.0. The van der Waals surface area contributed by atoms with Crippen molar-refractivity contribution in [3.8, 4) is 34.5 Å². The fourth-order valence-electron chi connectivity index (χ4n) is 3.48. The summed E-state index contributed by atoms with van der Waals surface area (Å²) in [6.45, 7) is 0. The van der Waals surface area contributed by atoms with E-state index >= 15 is 0 Å². The minimum atomic E-state index is -1.68. The van der Waals surface area contributed by atoms with E-state index in [1.54, 1.807) is 0 Å². The van der Waals surface area contributed by atoms with E-state index in [2.05, 4.69) is 0 Å². The molecule has 3 aromatic rings. The zero-order chi connectivity index (χ0) is 28.9. The molecule has 12 nitrogen and oxygen atoms in total. The number of aliphatic carboxylic acids is 2. The Morgan fingerprint density at radius 1 is 0.769 bits per heavy atom. The summed E-state index contributed by atoms with van der Waals surface area (Å²) in [4.78, 5) is 36.1. The Morgan fingerprint density at radius 3 is 1.97 bits per heavy atom. The lowest BCUT2D eigenvalue weighted by molar-refractivity contribution is -0.160. The molecule has 3 aromatic carbocycles. The van der Waals surface area contributed by atoms with E-state index in [-0.39, 0.29) is 23.1 Å². The normalized spacial score (nSPS) is 12.3. The minimum Gasteiger partial charge on any atom is -0.504 e. The molecule has 12 heteroatoms. The standard InChI is InChI=1S/C27H22O12/c28-17-5-1-13(10-20(17)31)9-16(26(35)36)24-15(3-7-19(30)25(24)34)4-8-23(33)39-22(27(37)38)12-14-2-6-18(29)21(32)11-14/h1-11,22,28-32,34H,12H2,(H,35,36)(H,37,38)/b8-4+,16-9-. The molecule has 0 spiro atoms. The minimum absolute atomic E-state index is 0.0748. The number of aromatic hydroxyl groups is 6. The highest BCUT2D eigenvalue weighted by molar-refractivity contribution is 6.22. The van der Waals surface area contributed by atoms with Crippen LogP contribution in [0.2, 0.25) is 0 Å². The summed E-state index contributed by atoms with van der Waals surface area (Å²) in [6.07, 6.45) is 0.826. The van der Waals surface area contributed by atoms with Crippen molar-refractivity contribution in [2.75, 3.05) is 0 Å². The topological polar surface area (TPSA) is 222 Å². The molecule has 8 N–H and O–H groups in total. The number of carbonyl (C=O) groups excluding carboxylic acids is 1. The molecule has 0 aromatic heterocycles. The van der Waals surface area contributed by atoms with Crippen LogP contribution in [0.4, 0.5) is 0 Å². The van der Waals surface area contributed by atoms with Crippen molar-refractivity contribution in [1.82, 2.24) is 0 Å². The number of hydrogen-bond acceptors (Lipinski definition) is 10. The summed E-state index contributed by atoms with van der Waals surface area (Å²) >= 11 is 0. The Balaban J connectivity index is 1.93. The van der Waals surface area contributed by atoms with Crippen LogP contribution in [0.25, 0.3) is 17.7 Å². The summed E-state index contributed by atoms with van der Waals surface area (Å²) in [5.41, 5.74) is -0.680. The average molecular weight is 538 g/mol. The van der Waals surface area contributed by atoms with Crippen LogP contribution in [-0.2, 0) is 25.5 Å². The van der Waals surface area contributed by atoms with Crippen LogP contribution in [0, 0.1) is 0 Å². The van der Waals surface area contributed by atoms with Gasteiger partial charge in [-0.1, -0.05) is 18.2 Å². The number of carboxylic acids is 2. The summed E-state index contributed by atoms with van der Waals surface area (Å²) in [5.74, 6) is -7.60. The molecule has 0 heterocycles. The van der Waals surface area contributed by atoms with Gasteiger partial charge in [0.1, 0.15) is 0 Å². The third-order valence-corrected chi connectivity index (χ3v) is 5.39. The lowest BCUT2D eigenvalue weighted by Crippen LogP contribution is -2.28. The number of benzene rings is 3. The Bertz CT molecular complexity index is 1500. The van der Waals surface area contributed by atoms with Gasteiger partial charge in [-0.05, 0) is 59.2 Å². The quantitative estimate of drug-likeness (QED) is 0.0852. The van der Waals surface area contributed by atoms with Crippen LogP contribution < -0.4 is 0 Å². The van der Waals surface area contributed by atoms with E-state index in [4.69, 9.17) is 4.74 Å². The van der Waals surface area contributed by atoms with Crippen molar-refractivity contribution in [1.29, 1.82) is 0 Å². The van der Waals surface area contributed by atoms with Crippen molar-refractivity contribution < 1.29 is 60.0 Å². The molecule has 0 bridgehead atoms.